The van der Waals surface area contributed by atoms with Gasteiger partial charge < -0.3 is 14.4 Å². The third-order valence-corrected chi connectivity index (χ3v) is 6.33. The van der Waals surface area contributed by atoms with Crippen molar-refractivity contribution < 1.29 is 32.3 Å². The van der Waals surface area contributed by atoms with E-state index in [1.807, 2.05) is 0 Å². The van der Waals surface area contributed by atoms with Crippen molar-refractivity contribution in [2.75, 3.05) is 30.4 Å². The van der Waals surface area contributed by atoms with Crippen LogP contribution in [0.2, 0.25) is 0 Å². The lowest BCUT2D eigenvalue weighted by Crippen LogP contribution is -2.24. The largest absolute Gasteiger partial charge is 0.465 e. The van der Waals surface area contributed by atoms with Gasteiger partial charge in [-0.05, 0) is 55.3 Å². The zero-order valence-electron chi connectivity index (χ0n) is 17.3. The molecule has 1 heterocycles. The second kappa shape index (κ2) is 8.76. The van der Waals surface area contributed by atoms with E-state index < -0.39 is 26.9 Å². The van der Waals surface area contributed by atoms with Crippen LogP contribution in [0, 0.1) is 6.92 Å². The molecule has 1 fully saturated rings. The van der Waals surface area contributed by atoms with Crippen LogP contribution in [-0.4, -0.2) is 47.0 Å². The Morgan fingerprint density at radius 3 is 2.32 bits per heavy atom. The fourth-order valence-corrected chi connectivity index (χ4v) is 4.67. The zero-order valence-corrected chi connectivity index (χ0v) is 18.1. The van der Waals surface area contributed by atoms with Gasteiger partial charge in [-0.3, -0.25) is 9.52 Å². The molecule has 1 amide bonds. The predicted octanol–water partition coefficient (Wildman–Crippen LogP) is 2.50. The normalized spacial score (nSPS) is 13.8. The van der Waals surface area contributed by atoms with E-state index in [9.17, 15) is 22.8 Å². The van der Waals surface area contributed by atoms with Gasteiger partial charge in [0, 0.05) is 24.3 Å². The lowest BCUT2D eigenvalue weighted by Gasteiger charge is -2.19. The SMILES string of the molecule is COC(=O)c1ccc(C(=O)OC)c(S(=O)(=O)Nc2ccc(N3CCCC3=O)c(C)c2)c1. The number of ether oxygens (including phenoxy) is 2. The van der Waals surface area contributed by atoms with Crippen LogP contribution < -0.4 is 9.62 Å². The molecule has 1 aliphatic heterocycles. The number of methoxy groups -OCH3 is 2. The predicted molar refractivity (Wildman–Crippen MR) is 113 cm³/mol. The molecule has 2 aromatic rings. The molecule has 0 aromatic heterocycles. The first-order valence-electron chi connectivity index (χ1n) is 9.42. The van der Waals surface area contributed by atoms with Gasteiger partial charge >= 0.3 is 11.9 Å². The highest BCUT2D eigenvalue weighted by Crippen LogP contribution is 2.29. The summed E-state index contributed by atoms with van der Waals surface area (Å²) in [5.41, 5.74) is 1.42. The summed E-state index contributed by atoms with van der Waals surface area (Å²) in [7, 11) is -1.97. The van der Waals surface area contributed by atoms with Crippen LogP contribution in [0.1, 0.15) is 39.1 Å². The van der Waals surface area contributed by atoms with Crippen molar-refractivity contribution in [2.24, 2.45) is 0 Å². The number of hydrogen-bond acceptors (Lipinski definition) is 7. The average molecular weight is 446 g/mol. The monoisotopic (exact) mass is 446 g/mol. The van der Waals surface area contributed by atoms with E-state index in [1.54, 1.807) is 24.0 Å². The first kappa shape index (κ1) is 22.3. The quantitative estimate of drug-likeness (QED) is 0.677. The van der Waals surface area contributed by atoms with Crippen LogP contribution >= 0.6 is 0 Å². The highest BCUT2D eigenvalue weighted by atomic mass is 32.2. The van der Waals surface area contributed by atoms with Gasteiger partial charge in [0.1, 0.15) is 4.90 Å². The molecule has 1 aliphatic rings. The highest BCUT2D eigenvalue weighted by molar-refractivity contribution is 7.92. The molecule has 0 radical (unpaired) electrons. The number of esters is 2. The molecule has 0 aliphatic carbocycles. The van der Waals surface area contributed by atoms with Crippen molar-refractivity contribution in [1.29, 1.82) is 0 Å². The number of rotatable bonds is 6. The first-order chi connectivity index (χ1) is 14.7. The molecule has 0 bridgehead atoms. The van der Waals surface area contributed by atoms with Crippen molar-refractivity contribution in [1.82, 2.24) is 0 Å². The second-order valence-electron chi connectivity index (χ2n) is 6.95. The number of carbonyl (C=O) groups is 3. The number of nitrogens with zero attached hydrogens (tertiary/aromatic N) is 1. The van der Waals surface area contributed by atoms with Crippen LogP contribution in [-0.2, 0) is 24.3 Å². The number of aryl methyl sites for hydroxylation is 1. The summed E-state index contributed by atoms with van der Waals surface area (Å²) in [5.74, 6) is -1.59. The Morgan fingerprint density at radius 2 is 1.74 bits per heavy atom. The summed E-state index contributed by atoms with van der Waals surface area (Å²) < 4.78 is 37.9. The number of carbonyl (C=O) groups excluding carboxylic acids is 3. The summed E-state index contributed by atoms with van der Waals surface area (Å²) in [5, 5.41) is 0. The highest BCUT2D eigenvalue weighted by Gasteiger charge is 2.26. The van der Waals surface area contributed by atoms with Gasteiger partial charge in [0.05, 0.1) is 25.3 Å². The van der Waals surface area contributed by atoms with Gasteiger partial charge in [-0.25, -0.2) is 18.0 Å². The maximum absolute atomic E-state index is 13.1. The molecule has 0 saturated carbocycles. The molecule has 0 unspecified atom stereocenters. The molecule has 9 nitrogen and oxygen atoms in total. The Kier molecular flexibility index (Phi) is 6.30. The molecular formula is C21H22N2O7S. The molecule has 10 heteroatoms. The third-order valence-electron chi connectivity index (χ3n) is 4.91. The van der Waals surface area contributed by atoms with Crippen molar-refractivity contribution in [3.8, 4) is 0 Å². The van der Waals surface area contributed by atoms with Crippen LogP contribution in [0.25, 0.3) is 0 Å². The summed E-state index contributed by atoms with van der Waals surface area (Å²) in [6.45, 7) is 2.39. The zero-order chi connectivity index (χ0) is 22.8. The van der Waals surface area contributed by atoms with E-state index >= 15 is 0 Å². The molecule has 0 atom stereocenters. The van der Waals surface area contributed by atoms with Gasteiger partial charge in [0.15, 0.2) is 0 Å². The Morgan fingerprint density at radius 1 is 1.03 bits per heavy atom. The Hall–Kier alpha value is -3.40. The van der Waals surface area contributed by atoms with Crippen LogP contribution in [0.3, 0.4) is 0 Å². The van der Waals surface area contributed by atoms with Gasteiger partial charge in [-0.2, -0.15) is 0 Å². The number of benzene rings is 2. The lowest BCUT2D eigenvalue weighted by molar-refractivity contribution is -0.117. The second-order valence-corrected chi connectivity index (χ2v) is 8.60. The van der Waals surface area contributed by atoms with Gasteiger partial charge in [0.25, 0.3) is 10.0 Å². The topological polar surface area (TPSA) is 119 Å². The number of nitrogens with one attached hydrogen (secondary N) is 1. The Bertz CT molecular complexity index is 1160. The standard InChI is InChI=1S/C21H22N2O7S/c1-13-11-15(7-9-17(13)23-10-4-5-19(23)24)22-31(27,28)18-12-14(20(25)29-2)6-8-16(18)21(26)30-3/h6-9,11-12,22H,4-5,10H2,1-3H3. The van der Waals surface area contributed by atoms with E-state index in [-0.39, 0.29) is 22.7 Å². The van der Waals surface area contributed by atoms with Crippen molar-refractivity contribution in [3.05, 3.63) is 53.1 Å². The van der Waals surface area contributed by atoms with Crippen molar-refractivity contribution >= 4 is 39.2 Å². The maximum Gasteiger partial charge on any atom is 0.339 e. The van der Waals surface area contributed by atoms with E-state index in [0.29, 0.717) is 24.2 Å². The maximum atomic E-state index is 13.1. The van der Waals surface area contributed by atoms with Gasteiger partial charge in [0.2, 0.25) is 5.91 Å². The van der Waals surface area contributed by atoms with Crippen LogP contribution in [0.5, 0.6) is 0 Å². The average Bonchev–Trinajstić information content (AvgIpc) is 3.17. The first-order valence-corrected chi connectivity index (χ1v) is 10.9. The van der Waals surface area contributed by atoms with E-state index in [0.717, 1.165) is 19.6 Å². The lowest BCUT2D eigenvalue weighted by atomic mass is 10.1. The molecule has 164 valence electrons. The van der Waals surface area contributed by atoms with Crippen LogP contribution in [0.15, 0.2) is 41.3 Å². The summed E-state index contributed by atoms with van der Waals surface area (Å²) in [4.78, 5) is 37.2. The number of amides is 1. The molecule has 1 N–H and O–H groups in total. The smallest absolute Gasteiger partial charge is 0.339 e. The summed E-state index contributed by atoms with van der Waals surface area (Å²) in [6, 6.07) is 8.34. The van der Waals surface area contributed by atoms with Crippen molar-refractivity contribution in [3.63, 3.8) is 0 Å². The number of sulfonamides is 1. The Balaban J connectivity index is 1.98. The van der Waals surface area contributed by atoms with Crippen LogP contribution in [0.4, 0.5) is 11.4 Å². The summed E-state index contributed by atoms with van der Waals surface area (Å²) >= 11 is 0. The molecule has 1 saturated heterocycles. The molecule has 31 heavy (non-hydrogen) atoms. The van der Waals surface area contributed by atoms with Crippen molar-refractivity contribution in [2.45, 2.75) is 24.7 Å². The minimum absolute atomic E-state index is 0.0266. The van der Waals surface area contributed by atoms with E-state index in [2.05, 4.69) is 14.2 Å². The van der Waals surface area contributed by atoms with Gasteiger partial charge in [-0.15, -0.1) is 0 Å². The number of anilines is 2. The minimum Gasteiger partial charge on any atom is -0.465 e. The Labute approximate surface area is 180 Å². The number of hydrogen-bond donors (Lipinski definition) is 1. The molecule has 3 rings (SSSR count). The minimum atomic E-state index is -4.26. The van der Waals surface area contributed by atoms with E-state index in [4.69, 9.17) is 0 Å². The fourth-order valence-electron chi connectivity index (χ4n) is 3.40. The third kappa shape index (κ3) is 4.53. The molecule has 0 spiro atoms. The fraction of sp³-hybridized carbons (Fsp3) is 0.286. The van der Waals surface area contributed by atoms with E-state index in [1.165, 1.54) is 25.3 Å². The molecule has 2 aromatic carbocycles. The van der Waals surface area contributed by atoms with Gasteiger partial charge in [-0.1, -0.05) is 0 Å². The summed E-state index contributed by atoms with van der Waals surface area (Å²) in [6.07, 6.45) is 1.26. The molecular weight excluding hydrogens is 424 g/mol.